The van der Waals surface area contributed by atoms with Gasteiger partial charge in [-0.05, 0) is 160 Å². The normalized spacial score (nSPS) is 19.5. The van der Waals surface area contributed by atoms with E-state index in [0.717, 1.165) is 54.1 Å². The van der Waals surface area contributed by atoms with Crippen LogP contribution in [0.3, 0.4) is 0 Å². The molecular formula is C36H59ClN6O. The Hall–Kier alpha value is -1.67. The van der Waals surface area contributed by atoms with Gasteiger partial charge in [-0.2, -0.15) is 5.10 Å². The van der Waals surface area contributed by atoms with Crippen molar-refractivity contribution >= 4 is 11.6 Å². The second-order valence-corrected chi connectivity index (χ2v) is 14.1. The standard InChI is InChI=1S/C36H59ClN6O/c37-33-15-17-34(18-16-33)44-31-36-38-35(14-5-1-2-6-21-40-22-7-3-8-23-40)39-43(36)28-11-13-32-19-29-42(30-20-32)27-12-26-41-24-9-4-10-25-41/h15-18,32H,1-14,19-31H2. The van der Waals surface area contributed by atoms with Gasteiger partial charge in [-0.1, -0.05) is 37.3 Å². The molecule has 3 saturated heterocycles. The fourth-order valence-electron chi connectivity index (χ4n) is 7.38. The Kier molecular flexibility index (Phi) is 14.6. The van der Waals surface area contributed by atoms with E-state index in [1.165, 1.54) is 142 Å². The van der Waals surface area contributed by atoms with E-state index in [9.17, 15) is 0 Å². The SMILES string of the molecule is Clc1ccc(OCc2nc(CCCCCCN3CCCCC3)nn2CCCC2CCN(CCCN3CCCCC3)CC2)cc1. The van der Waals surface area contributed by atoms with E-state index >= 15 is 0 Å². The molecule has 3 fully saturated rings. The molecule has 0 bridgehead atoms. The summed E-state index contributed by atoms with van der Waals surface area (Å²) >= 11 is 6.07. The highest BCUT2D eigenvalue weighted by molar-refractivity contribution is 6.30. The predicted octanol–water partition coefficient (Wildman–Crippen LogP) is 7.47. The number of hydrogen-bond acceptors (Lipinski definition) is 6. The average molecular weight is 627 g/mol. The molecule has 0 N–H and O–H groups in total. The van der Waals surface area contributed by atoms with Crippen LogP contribution in [0.25, 0.3) is 0 Å². The lowest BCUT2D eigenvalue weighted by molar-refractivity contribution is 0.159. The van der Waals surface area contributed by atoms with Crippen molar-refractivity contribution in [3.63, 3.8) is 0 Å². The van der Waals surface area contributed by atoms with Crippen molar-refractivity contribution in [1.82, 2.24) is 29.5 Å². The molecule has 0 radical (unpaired) electrons. The summed E-state index contributed by atoms with van der Waals surface area (Å²) in [6.07, 6.45) is 20.9. The summed E-state index contributed by atoms with van der Waals surface area (Å²) in [5.41, 5.74) is 0. The van der Waals surface area contributed by atoms with E-state index < -0.39 is 0 Å². The van der Waals surface area contributed by atoms with Gasteiger partial charge in [0.2, 0.25) is 0 Å². The second-order valence-electron chi connectivity index (χ2n) is 13.7. The highest BCUT2D eigenvalue weighted by atomic mass is 35.5. The van der Waals surface area contributed by atoms with Crippen LogP contribution in [0, 0.1) is 5.92 Å². The van der Waals surface area contributed by atoms with Crippen LogP contribution in [0.15, 0.2) is 24.3 Å². The molecule has 1 aromatic heterocycles. The van der Waals surface area contributed by atoms with Crippen LogP contribution in [0.5, 0.6) is 5.75 Å². The minimum atomic E-state index is 0.445. The van der Waals surface area contributed by atoms with Crippen molar-refractivity contribution in [2.75, 3.05) is 58.9 Å². The number of rotatable bonds is 18. The molecule has 1 aromatic carbocycles. The van der Waals surface area contributed by atoms with Crippen molar-refractivity contribution in [2.24, 2.45) is 5.92 Å². The van der Waals surface area contributed by atoms with E-state index in [1.807, 2.05) is 24.3 Å². The summed E-state index contributed by atoms with van der Waals surface area (Å²) in [6, 6.07) is 7.60. The van der Waals surface area contributed by atoms with Crippen molar-refractivity contribution in [3.05, 3.63) is 40.9 Å². The number of aryl methyl sites for hydroxylation is 2. The first kappa shape index (κ1) is 33.7. The fraction of sp³-hybridized carbons (Fsp3) is 0.778. The van der Waals surface area contributed by atoms with Gasteiger partial charge in [0, 0.05) is 18.0 Å². The van der Waals surface area contributed by atoms with Crippen LogP contribution in [0.1, 0.15) is 108 Å². The van der Waals surface area contributed by atoms with Crippen molar-refractivity contribution in [3.8, 4) is 5.75 Å². The summed E-state index contributed by atoms with van der Waals surface area (Å²) in [5, 5.41) is 5.70. The zero-order valence-corrected chi connectivity index (χ0v) is 28.2. The van der Waals surface area contributed by atoms with Gasteiger partial charge < -0.3 is 19.4 Å². The number of likely N-dealkylation sites (tertiary alicyclic amines) is 3. The molecule has 0 amide bonds. The molecule has 5 rings (SSSR count). The average Bonchev–Trinajstić information content (AvgIpc) is 3.45. The maximum Gasteiger partial charge on any atom is 0.165 e. The van der Waals surface area contributed by atoms with Gasteiger partial charge in [-0.25, -0.2) is 9.67 Å². The molecule has 246 valence electrons. The third-order valence-electron chi connectivity index (χ3n) is 10.1. The van der Waals surface area contributed by atoms with Gasteiger partial charge in [0.25, 0.3) is 0 Å². The van der Waals surface area contributed by atoms with Gasteiger partial charge in [0.15, 0.2) is 11.6 Å². The number of aromatic nitrogens is 3. The largest absolute Gasteiger partial charge is 0.486 e. The van der Waals surface area contributed by atoms with Gasteiger partial charge >= 0.3 is 0 Å². The van der Waals surface area contributed by atoms with E-state index in [0.29, 0.717) is 6.61 Å². The summed E-state index contributed by atoms with van der Waals surface area (Å²) in [7, 11) is 0. The zero-order chi connectivity index (χ0) is 30.2. The molecule has 0 atom stereocenters. The first-order valence-corrected chi connectivity index (χ1v) is 18.6. The number of piperidine rings is 3. The van der Waals surface area contributed by atoms with Gasteiger partial charge in [-0.3, -0.25) is 0 Å². The van der Waals surface area contributed by atoms with E-state index in [2.05, 4.69) is 19.4 Å². The van der Waals surface area contributed by atoms with Crippen molar-refractivity contribution < 1.29 is 4.74 Å². The highest BCUT2D eigenvalue weighted by Gasteiger charge is 2.20. The smallest absolute Gasteiger partial charge is 0.165 e. The Morgan fingerprint density at radius 3 is 1.95 bits per heavy atom. The molecule has 7 nitrogen and oxygen atoms in total. The van der Waals surface area contributed by atoms with Crippen molar-refractivity contribution in [1.29, 1.82) is 0 Å². The third-order valence-corrected chi connectivity index (χ3v) is 10.4. The molecule has 0 saturated carbocycles. The lowest BCUT2D eigenvalue weighted by Gasteiger charge is -2.33. The molecule has 0 unspecified atom stereocenters. The lowest BCUT2D eigenvalue weighted by atomic mass is 9.92. The van der Waals surface area contributed by atoms with Gasteiger partial charge in [0.1, 0.15) is 12.4 Å². The molecular weight excluding hydrogens is 568 g/mol. The number of unbranched alkanes of at least 4 members (excludes halogenated alkanes) is 3. The number of ether oxygens (including phenoxy) is 1. The molecule has 3 aliphatic rings. The first-order valence-electron chi connectivity index (χ1n) is 18.2. The Morgan fingerprint density at radius 1 is 0.659 bits per heavy atom. The minimum absolute atomic E-state index is 0.445. The second kappa shape index (κ2) is 19.1. The Balaban J connectivity index is 1.01. The summed E-state index contributed by atoms with van der Waals surface area (Å²) in [4.78, 5) is 13.0. The predicted molar refractivity (Wildman–Crippen MR) is 182 cm³/mol. The molecule has 0 spiro atoms. The molecule has 0 aliphatic carbocycles. The number of benzene rings is 1. The Morgan fingerprint density at radius 2 is 1.27 bits per heavy atom. The minimum Gasteiger partial charge on any atom is -0.486 e. The van der Waals surface area contributed by atoms with Crippen LogP contribution in [0.4, 0.5) is 0 Å². The Labute approximate surface area is 272 Å². The lowest BCUT2D eigenvalue weighted by Crippen LogP contribution is -2.37. The van der Waals surface area contributed by atoms with E-state index in [-0.39, 0.29) is 0 Å². The van der Waals surface area contributed by atoms with Crippen LogP contribution >= 0.6 is 11.6 Å². The number of hydrogen-bond donors (Lipinski definition) is 0. The summed E-state index contributed by atoms with van der Waals surface area (Å²) in [5.74, 6) is 3.59. The Bertz CT molecular complexity index is 1040. The van der Waals surface area contributed by atoms with Crippen LogP contribution in [0.2, 0.25) is 5.02 Å². The first-order chi connectivity index (χ1) is 21.7. The number of nitrogens with zero attached hydrogens (tertiary/aromatic N) is 6. The van der Waals surface area contributed by atoms with Gasteiger partial charge in [-0.15, -0.1) is 0 Å². The zero-order valence-electron chi connectivity index (χ0n) is 27.4. The summed E-state index contributed by atoms with van der Waals surface area (Å²) < 4.78 is 8.24. The number of halogens is 1. The molecule has 44 heavy (non-hydrogen) atoms. The molecule has 3 aliphatic heterocycles. The van der Waals surface area contributed by atoms with Crippen molar-refractivity contribution in [2.45, 2.75) is 116 Å². The van der Waals surface area contributed by atoms with Gasteiger partial charge in [0.05, 0.1) is 0 Å². The molecule has 4 heterocycles. The monoisotopic (exact) mass is 626 g/mol. The maximum atomic E-state index is 6.10. The fourth-order valence-corrected chi connectivity index (χ4v) is 7.51. The molecule has 2 aromatic rings. The quantitative estimate of drug-likeness (QED) is 0.160. The maximum absolute atomic E-state index is 6.10. The topological polar surface area (TPSA) is 49.7 Å². The molecule has 8 heteroatoms. The van der Waals surface area contributed by atoms with Crippen LogP contribution < -0.4 is 4.74 Å². The summed E-state index contributed by atoms with van der Waals surface area (Å²) in [6.45, 7) is 13.0. The highest BCUT2D eigenvalue weighted by Crippen LogP contribution is 2.23. The van der Waals surface area contributed by atoms with Crippen LogP contribution in [-0.2, 0) is 19.6 Å². The van der Waals surface area contributed by atoms with E-state index in [1.54, 1.807) is 0 Å². The van der Waals surface area contributed by atoms with E-state index in [4.69, 9.17) is 26.4 Å². The third kappa shape index (κ3) is 11.9. The van der Waals surface area contributed by atoms with Crippen LogP contribution in [-0.4, -0.2) is 88.4 Å².